The lowest BCUT2D eigenvalue weighted by Gasteiger charge is -2.29. The largest absolute Gasteiger partial charge is 0.859 e. The average molecular weight is 460 g/mol. The molecule has 32 heavy (non-hydrogen) atoms. The average Bonchev–Trinajstić information content (AvgIpc) is 2.84. The molecule has 4 nitrogen and oxygen atoms in total. The fourth-order valence-corrected chi connectivity index (χ4v) is 8.78. The number of hydrogen-bond donors (Lipinski definition) is 0. The van der Waals surface area contributed by atoms with Gasteiger partial charge in [0.1, 0.15) is 29.3 Å². The van der Waals surface area contributed by atoms with Crippen LogP contribution >= 0.6 is 7.26 Å². The minimum Gasteiger partial charge on any atom is -0.859 e. The number of sulfonamides is 1. The quantitative estimate of drug-likeness (QED) is 0.242. The monoisotopic (exact) mass is 459 g/mol. The fourth-order valence-electron chi connectivity index (χ4n) is 3.78. The third-order valence-electron chi connectivity index (χ3n) is 5.23. The van der Waals surface area contributed by atoms with Crippen molar-refractivity contribution in [2.75, 3.05) is 6.16 Å². The van der Waals surface area contributed by atoms with Crippen LogP contribution < -0.4 is 21.0 Å². The summed E-state index contributed by atoms with van der Waals surface area (Å²) in [6.07, 6.45) is -0.0168. The normalized spacial score (nSPS) is 12.4. The van der Waals surface area contributed by atoms with E-state index in [1.807, 2.05) is 91.0 Å². The maximum atomic E-state index is 13.2. The van der Waals surface area contributed by atoms with Gasteiger partial charge in [0.2, 0.25) is 0 Å². The molecule has 160 valence electrons. The highest BCUT2D eigenvalue weighted by atomic mass is 32.2. The molecule has 0 N–H and O–H groups in total. The molecular weight excluding hydrogens is 437 g/mol. The molecule has 0 bridgehead atoms. The third kappa shape index (κ3) is 4.50. The van der Waals surface area contributed by atoms with Gasteiger partial charge in [-0.25, -0.2) is 0 Å². The predicted octanol–water partition coefficient (Wildman–Crippen LogP) is 3.13. The summed E-state index contributed by atoms with van der Waals surface area (Å²) in [6.45, 7) is 0. The zero-order chi connectivity index (χ0) is 22.4. The Morgan fingerprint density at radius 3 is 1.34 bits per heavy atom. The van der Waals surface area contributed by atoms with E-state index in [0.29, 0.717) is 0 Å². The summed E-state index contributed by atoms with van der Waals surface area (Å²) in [5.74, 6) is -0.654. The van der Waals surface area contributed by atoms with Crippen LogP contribution in [-0.2, 0) is 10.0 Å². The zero-order valence-electron chi connectivity index (χ0n) is 17.3. The van der Waals surface area contributed by atoms with E-state index in [0.717, 1.165) is 15.9 Å². The molecule has 0 fully saturated rings. The number of nitrogens with zero attached hydrogens (tertiary/aromatic N) is 1. The molecule has 4 aromatic rings. The van der Waals surface area contributed by atoms with Gasteiger partial charge >= 0.3 is 0 Å². The summed E-state index contributed by atoms with van der Waals surface area (Å²) >= 11 is 0. The summed E-state index contributed by atoms with van der Waals surface area (Å²) < 4.78 is 29.2. The molecule has 0 atom stereocenters. The van der Waals surface area contributed by atoms with E-state index in [1.54, 1.807) is 18.2 Å². The van der Waals surface area contributed by atoms with E-state index in [2.05, 4.69) is 4.40 Å². The highest BCUT2D eigenvalue weighted by molar-refractivity contribution is 7.96. The van der Waals surface area contributed by atoms with Gasteiger partial charge in [0.05, 0.1) is 4.90 Å². The van der Waals surface area contributed by atoms with Crippen LogP contribution in [0.2, 0.25) is 0 Å². The van der Waals surface area contributed by atoms with Gasteiger partial charge in [-0.3, -0.25) is 0 Å². The summed E-state index contributed by atoms with van der Waals surface area (Å²) in [6, 6.07) is 37.3. The molecule has 0 saturated carbocycles. The van der Waals surface area contributed by atoms with E-state index >= 15 is 0 Å². The van der Waals surface area contributed by atoms with E-state index in [4.69, 9.17) is 0 Å². The molecule has 0 heterocycles. The molecular formula is C26H22NO3PS. The second-order valence-electron chi connectivity index (χ2n) is 7.25. The first-order chi connectivity index (χ1) is 15.5. The number of benzene rings is 4. The number of hydrogen-bond acceptors (Lipinski definition) is 3. The van der Waals surface area contributed by atoms with Crippen molar-refractivity contribution < 1.29 is 13.5 Å². The summed E-state index contributed by atoms with van der Waals surface area (Å²) in [5.41, 5.74) is 0. The van der Waals surface area contributed by atoms with Crippen LogP contribution in [-0.4, -0.2) is 20.5 Å². The molecule has 6 heteroatoms. The number of rotatable bonds is 7. The fraction of sp³-hybridized carbons (Fsp3) is 0.0385. The molecule has 4 rings (SSSR count). The van der Waals surface area contributed by atoms with Crippen molar-refractivity contribution in [3.63, 3.8) is 0 Å². The molecule has 0 radical (unpaired) electrons. The van der Waals surface area contributed by atoms with Crippen molar-refractivity contribution in [1.29, 1.82) is 0 Å². The van der Waals surface area contributed by atoms with Crippen LogP contribution in [0.25, 0.3) is 0 Å². The van der Waals surface area contributed by atoms with Crippen molar-refractivity contribution in [3.8, 4) is 0 Å². The molecule has 0 amide bonds. The van der Waals surface area contributed by atoms with Gasteiger partial charge in [-0.1, -0.05) is 72.8 Å². The van der Waals surface area contributed by atoms with Crippen LogP contribution in [0, 0.1) is 0 Å². The first-order valence-electron chi connectivity index (χ1n) is 10.1. The first kappa shape index (κ1) is 21.9. The van der Waals surface area contributed by atoms with Gasteiger partial charge in [0.15, 0.2) is 0 Å². The maximum Gasteiger partial charge on any atom is 0.281 e. The van der Waals surface area contributed by atoms with Gasteiger partial charge in [0.25, 0.3) is 10.0 Å². The van der Waals surface area contributed by atoms with E-state index in [-0.39, 0.29) is 11.1 Å². The topological polar surface area (TPSA) is 69.6 Å². The van der Waals surface area contributed by atoms with Gasteiger partial charge < -0.3 is 5.11 Å². The highest BCUT2D eigenvalue weighted by Crippen LogP contribution is 2.55. The van der Waals surface area contributed by atoms with Crippen LogP contribution in [0.4, 0.5) is 0 Å². The third-order valence-corrected chi connectivity index (χ3v) is 10.8. The Bertz CT molecular complexity index is 1200. The van der Waals surface area contributed by atoms with E-state index < -0.39 is 23.2 Å². The van der Waals surface area contributed by atoms with Crippen molar-refractivity contribution in [3.05, 3.63) is 121 Å². The van der Waals surface area contributed by atoms with Gasteiger partial charge in [-0.2, -0.15) is 12.8 Å². The highest BCUT2D eigenvalue weighted by Gasteiger charge is 2.45. The molecule has 0 saturated heterocycles. The van der Waals surface area contributed by atoms with Crippen molar-refractivity contribution >= 4 is 39.1 Å². The van der Waals surface area contributed by atoms with Crippen LogP contribution in [0.3, 0.4) is 0 Å². The molecule has 0 unspecified atom stereocenters. The lowest BCUT2D eigenvalue weighted by molar-refractivity contribution is -0.214. The Balaban J connectivity index is 1.90. The van der Waals surface area contributed by atoms with Crippen molar-refractivity contribution in [2.24, 2.45) is 4.40 Å². The molecule has 0 aliphatic heterocycles. The summed E-state index contributed by atoms with van der Waals surface area (Å²) in [7, 11) is -6.58. The first-order valence-corrected chi connectivity index (χ1v) is 13.5. The van der Waals surface area contributed by atoms with Crippen LogP contribution in [0.1, 0.15) is 0 Å². The minimum atomic E-state index is -4.09. The van der Waals surface area contributed by atoms with Crippen LogP contribution in [0.15, 0.2) is 131 Å². The molecule has 0 spiro atoms. The summed E-state index contributed by atoms with van der Waals surface area (Å²) in [4.78, 5) is 0.0106. The predicted molar refractivity (Wildman–Crippen MR) is 131 cm³/mol. The second kappa shape index (κ2) is 9.47. The summed E-state index contributed by atoms with van der Waals surface area (Å²) in [5, 5.41) is 16.2. The Labute approximate surface area is 189 Å². The van der Waals surface area contributed by atoms with Gasteiger partial charge in [-0.05, 0) is 48.5 Å². The standard InChI is InChI=1S/C26H22NO3PS/c28-26(27-32(29,30)25-19-11-4-12-20-25)21-31(22-13-5-1-6-14-22,23-15-7-2-8-16-23)24-17-9-3-10-18-24/h1-20H,21H2. The van der Waals surface area contributed by atoms with Gasteiger partial charge in [0, 0.05) is 5.90 Å². The van der Waals surface area contributed by atoms with Gasteiger partial charge in [-0.15, -0.1) is 0 Å². The lowest BCUT2D eigenvalue weighted by atomic mass is 10.4. The molecule has 0 aromatic heterocycles. The lowest BCUT2D eigenvalue weighted by Crippen LogP contribution is -2.39. The van der Waals surface area contributed by atoms with Crippen molar-refractivity contribution in [1.82, 2.24) is 0 Å². The van der Waals surface area contributed by atoms with E-state index in [1.165, 1.54) is 12.1 Å². The Hall–Kier alpha value is -3.27. The Kier molecular flexibility index (Phi) is 6.50. The molecule has 4 aromatic carbocycles. The Morgan fingerprint density at radius 2 is 0.969 bits per heavy atom. The van der Waals surface area contributed by atoms with Crippen molar-refractivity contribution in [2.45, 2.75) is 4.90 Å². The molecule has 0 aliphatic carbocycles. The minimum absolute atomic E-state index is 0.0106. The van der Waals surface area contributed by atoms with Crippen LogP contribution in [0.5, 0.6) is 0 Å². The smallest absolute Gasteiger partial charge is 0.281 e. The van der Waals surface area contributed by atoms with E-state index in [9.17, 15) is 13.5 Å². The Morgan fingerprint density at radius 1 is 0.625 bits per heavy atom. The maximum absolute atomic E-state index is 13.2. The zero-order valence-corrected chi connectivity index (χ0v) is 19.0. The SMILES string of the molecule is O=S(=O)(/N=C(\[O-])C[P+](c1ccccc1)(c1ccccc1)c1ccccc1)c1ccccc1. The second-order valence-corrected chi connectivity index (χ2v) is 12.3. The molecule has 0 aliphatic rings.